The Morgan fingerprint density at radius 1 is 1.21 bits per heavy atom. The van der Waals surface area contributed by atoms with E-state index in [1.807, 2.05) is 12.1 Å². The Hall–Kier alpha value is -1.02. The second-order valence-electron chi connectivity index (χ2n) is 4.41. The maximum atomic E-state index is 5.65. The highest BCUT2D eigenvalue weighted by atomic mass is 15.2. The molecule has 2 rings (SSSR count). The largest absolute Gasteiger partial charge is 0.399 e. The molecule has 0 bridgehead atoms. The van der Waals surface area contributed by atoms with Crippen LogP contribution in [0.4, 0.5) is 5.69 Å². The number of benzene rings is 1. The Labute approximate surface area is 85.7 Å². The molecule has 1 aromatic rings. The maximum absolute atomic E-state index is 5.65. The van der Waals surface area contributed by atoms with Gasteiger partial charge < -0.3 is 5.73 Å². The normalized spacial score (nSPS) is 18.5. The van der Waals surface area contributed by atoms with Gasteiger partial charge in [-0.05, 0) is 31.5 Å². The average Bonchev–Trinajstić information content (AvgIpc) is 2.05. The monoisotopic (exact) mass is 190 g/mol. The maximum Gasteiger partial charge on any atom is 0.0314 e. The summed E-state index contributed by atoms with van der Waals surface area (Å²) in [6, 6.07) is 8.97. The summed E-state index contributed by atoms with van der Waals surface area (Å²) < 4.78 is 0. The summed E-state index contributed by atoms with van der Waals surface area (Å²) in [6.07, 6.45) is 0. The van der Waals surface area contributed by atoms with Crippen LogP contribution < -0.4 is 5.73 Å². The molecule has 0 amide bonds. The van der Waals surface area contributed by atoms with E-state index in [1.165, 1.54) is 18.7 Å². The first-order chi connectivity index (χ1) is 6.66. The summed E-state index contributed by atoms with van der Waals surface area (Å²) >= 11 is 0. The molecule has 0 radical (unpaired) electrons. The average molecular weight is 190 g/mol. The Kier molecular flexibility index (Phi) is 2.46. The van der Waals surface area contributed by atoms with Crippen LogP contribution in [-0.2, 0) is 0 Å². The molecule has 1 aliphatic rings. The Balaban J connectivity index is 1.96. The van der Waals surface area contributed by atoms with Crippen LogP contribution in [0, 0.1) is 0 Å². The highest BCUT2D eigenvalue weighted by Crippen LogP contribution is 2.28. The molecule has 0 spiro atoms. The molecule has 1 aliphatic heterocycles. The fourth-order valence-corrected chi connectivity index (χ4v) is 1.91. The zero-order chi connectivity index (χ0) is 10.1. The van der Waals surface area contributed by atoms with E-state index in [-0.39, 0.29) is 0 Å². The first-order valence-electron chi connectivity index (χ1n) is 5.26. The third kappa shape index (κ3) is 1.75. The van der Waals surface area contributed by atoms with Gasteiger partial charge in [-0.3, -0.25) is 4.90 Å². The SMILES string of the molecule is CC(C)N1CC(c2ccc(N)cc2)C1. The summed E-state index contributed by atoms with van der Waals surface area (Å²) in [5, 5.41) is 0. The van der Waals surface area contributed by atoms with Gasteiger partial charge in [0.05, 0.1) is 0 Å². The number of likely N-dealkylation sites (tertiary alicyclic amines) is 1. The van der Waals surface area contributed by atoms with Crippen molar-refractivity contribution in [3.05, 3.63) is 29.8 Å². The quantitative estimate of drug-likeness (QED) is 0.723. The highest BCUT2D eigenvalue weighted by Gasteiger charge is 2.29. The molecule has 0 atom stereocenters. The Morgan fingerprint density at radius 2 is 1.79 bits per heavy atom. The van der Waals surface area contributed by atoms with E-state index >= 15 is 0 Å². The lowest BCUT2D eigenvalue weighted by Gasteiger charge is -2.42. The van der Waals surface area contributed by atoms with Crippen molar-refractivity contribution in [2.75, 3.05) is 18.8 Å². The topological polar surface area (TPSA) is 29.3 Å². The van der Waals surface area contributed by atoms with Crippen molar-refractivity contribution in [1.82, 2.24) is 4.90 Å². The molecule has 2 nitrogen and oxygen atoms in total. The molecule has 0 aromatic heterocycles. The number of nitrogen functional groups attached to an aromatic ring is 1. The Morgan fingerprint density at radius 3 is 2.29 bits per heavy atom. The van der Waals surface area contributed by atoms with E-state index in [1.54, 1.807) is 0 Å². The number of nitrogens with zero attached hydrogens (tertiary/aromatic N) is 1. The van der Waals surface area contributed by atoms with Gasteiger partial charge in [0.2, 0.25) is 0 Å². The zero-order valence-electron chi connectivity index (χ0n) is 8.90. The summed E-state index contributed by atoms with van der Waals surface area (Å²) in [7, 11) is 0. The summed E-state index contributed by atoms with van der Waals surface area (Å²) in [4.78, 5) is 2.49. The molecular formula is C12H18N2. The molecule has 76 valence electrons. The first kappa shape index (κ1) is 9.53. The van der Waals surface area contributed by atoms with E-state index in [0.29, 0.717) is 6.04 Å². The van der Waals surface area contributed by atoms with E-state index < -0.39 is 0 Å². The van der Waals surface area contributed by atoms with Gasteiger partial charge in [0, 0.05) is 30.7 Å². The van der Waals surface area contributed by atoms with Crippen LogP contribution in [0.1, 0.15) is 25.3 Å². The van der Waals surface area contributed by atoms with Crippen LogP contribution in [-0.4, -0.2) is 24.0 Å². The molecule has 1 saturated heterocycles. The third-order valence-corrected chi connectivity index (χ3v) is 3.05. The molecule has 1 fully saturated rings. The second-order valence-corrected chi connectivity index (χ2v) is 4.41. The van der Waals surface area contributed by atoms with Gasteiger partial charge in [-0.2, -0.15) is 0 Å². The molecule has 1 heterocycles. The van der Waals surface area contributed by atoms with Crippen LogP contribution in [0.3, 0.4) is 0 Å². The number of hydrogen-bond acceptors (Lipinski definition) is 2. The van der Waals surface area contributed by atoms with Crippen LogP contribution in [0.25, 0.3) is 0 Å². The predicted molar refractivity (Wildman–Crippen MR) is 60.3 cm³/mol. The fraction of sp³-hybridized carbons (Fsp3) is 0.500. The smallest absolute Gasteiger partial charge is 0.0314 e. The number of anilines is 1. The minimum Gasteiger partial charge on any atom is -0.399 e. The molecule has 0 aliphatic carbocycles. The van der Waals surface area contributed by atoms with Gasteiger partial charge in [0.25, 0.3) is 0 Å². The molecule has 0 unspecified atom stereocenters. The zero-order valence-corrected chi connectivity index (χ0v) is 8.90. The van der Waals surface area contributed by atoms with Crippen molar-refractivity contribution in [3.8, 4) is 0 Å². The van der Waals surface area contributed by atoms with Gasteiger partial charge in [-0.1, -0.05) is 12.1 Å². The first-order valence-corrected chi connectivity index (χ1v) is 5.26. The van der Waals surface area contributed by atoms with Crippen LogP contribution >= 0.6 is 0 Å². The van der Waals surface area contributed by atoms with Crippen LogP contribution in [0.2, 0.25) is 0 Å². The van der Waals surface area contributed by atoms with Crippen molar-refractivity contribution in [2.24, 2.45) is 0 Å². The standard InChI is InChI=1S/C12H18N2/c1-9(2)14-7-11(8-14)10-3-5-12(13)6-4-10/h3-6,9,11H,7-8,13H2,1-2H3. The van der Waals surface area contributed by atoms with Crippen molar-refractivity contribution in [2.45, 2.75) is 25.8 Å². The molecule has 1 aromatic carbocycles. The van der Waals surface area contributed by atoms with E-state index in [2.05, 4.69) is 30.9 Å². The highest BCUT2D eigenvalue weighted by molar-refractivity contribution is 5.40. The minimum atomic E-state index is 0.681. The number of nitrogens with two attached hydrogens (primary N) is 1. The number of hydrogen-bond donors (Lipinski definition) is 1. The lowest BCUT2D eigenvalue weighted by Crippen LogP contribution is -2.48. The minimum absolute atomic E-state index is 0.681. The van der Waals surface area contributed by atoms with Gasteiger partial charge in [0.1, 0.15) is 0 Å². The fourth-order valence-electron chi connectivity index (χ4n) is 1.91. The molecule has 2 N–H and O–H groups in total. The molecular weight excluding hydrogens is 172 g/mol. The Bertz CT molecular complexity index is 297. The third-order valence-electron chi connectivity index (χ3n) is 3.05. The van der Waals surface area contributed by atoms with Gasteiger partial charge in [0.15, 0.2) is 0 Å². The van der Waals surface area contributed by atoms with E-state index in [0.717, 1.165) is 11.6 Å². The van der Waals surface area contributed by atoms with Crippen molar-refractivity contribution >= 4 is 5.69 Å². The van der Waals surface area contributed by atoms with Crippen molar-refractivity contribution in [3.63, 3.8) is 0 Å². The summed E-state index contributed by atoms with van der Waals surface area (Å²) in [6.45, 7) is 6.89. The molecule has 0 saturated carbocycles. The van der Waals surface area contributed by atoms with Gasteiger partial charge >= 0.3 is 0 Å². The van der Waals surface area contributed by atoms with E-state index in [9.17, 15) is 0 Å². The second kappa shape index (κ2) is 3.62. The molecule has 2 heteroatoms. The predicted octanol–water partition coefficient (Wildman–Crippen LogP) is 2.08. The van der Waals surface area contributed by atoms with Crippen LogP contribution in [0.5, 0.6) is 0 Å². The van der Waals surface area contributed by atoms with Gasteiger partial charge in [-0.25, -0.2) is 0 Å². The lowest BCUT2D eigenvalue weighted by atomic mass is 9.90. The molecule has 14 heavy (non-hydrogen) atoms. The summed E-state index contributed by atoms with van der Waals surface area (Å²) in [5.41, 5.74) is 7.93. The van der Waals surface area contributed by atoms with Crippen molar-refractivity contribution in [1.29, 1.82) is 0 Å². The van der Waals surface area contributed by atoms with Crippen molar-refractivity contribution < 1.29 is 0 Å². The number of rotatable bonds is 2. The summed E-state index contributed by atoms with van der Waals surface area (Å²) in [5.74, 6) is 0.720. The van der Waals surface area contributed by atoms with Gasteiger partial charge in [-0.15, -0.1) is 0 Å². The lowest BCUT2D eigenvalue weighted by molar-refractivity contribution is 0.110. The van der Waals surface area contributed by atoms with E-state index in [4.69, 9.17) is 5.73 Å². The van der Waals surface area contributed by atoms with Crippen LogP contribution in [0.15, 0.2) is 24.3 Å².